The molecule has 0 fully saturated rings. The molecule has 0 saturated heterocycles. The highest BCUT2D eigenvalue weighted by Crippen LogP contribution is 2.31. The Morgan fingerprint density at radius 1 is 1.07 bits per heavy atom. The van der Waals surface area contributed by atoms with Crippen molar-refractivity contribution in [2.24, 2.45) is 0 Å². The van der Waals surface area contributed by atoms with Crippen molar-refractivity contribution in [3.05, 3.63) is 105 Å². The van der Waals surface area contributed by atoms with Crippen LogP contribution >= 0.6 is 11.6 Å². The number of aromatic nitrogens is 2. The summed E-state index contributed by atoms with van der Waals surface area (Å²) < 4.78 is 13.3. The highest BCUT2D eigenvalue weighted by molar-refractivity contribution is 6.31. The van der Waals surface area contributed by atoms with Gasteiger partial charge in [0.15, 0.2) is 5.78 Å². The van der Waals surface area contributed by atoms with E-state index in [0.717, 1.165) is 11.8 Å². The molecule has 4 aromatic rings. The molecule has 2 heterocycles. The van der Waals surface area contributed by atoms with E-state index in [4.69, 9.17) is 11.6 Å². The summed E-state index contributed by atoms with van der Waals surface area (Å²) in [5, 5.41) is 1.15. The van der Waals surface area contributed by atoms with Crippen molar-refractivity contribution in [2.75, 3.05) is 0 Å². The smallest absolute Gasteiger partial charge is 0.260 e. The van der Waals surface area contributed by atoms with Crippen LogP contribution in [0.25, 0.3) is 28.1 Å². The van der Waals surface area contributed by atoms with Crippen LogP contribution in [0, 0.1) is 5.82 Å². The molecule has 0 aliphatic carbocycles. The van der Waals surface area contributed by atoms with Gasteiger partial charge in [0.05, 0.1) is 11.8 Å². The lowest BCUT2D eigenvalue weighted by Crippen LogP contribution is -2.18. The number of pyridine rings is 2. The number of allylic oxidation sites excluding steroid dienone is 1. The molecule has 29 heavy (non-hydrogen) atoms. The van der Waals surface area contributed by atoms with Crippen LogP contribution < -0.4 is 5.56 Å². The maximum Gasteiger partial charge on any atom is 0.260 e. The normalized spacial score (nSPS) is 11.2. The Morgan fingerprint density at radius 3 is 2.62 bits per heavy atom. The van der Waals surface area contributed by atoms with Crippen molar-refractivity contribution in [1.29, 1.82) is 0 Å². The molecule has 0 bridgehead atoms. The molecule has 0 aliphatic rings. The molecule has 142 valence electrons. The molecule has 0 spiro atoms. The number of benzene rings is 2. The van der Waals surface area contributed by atoms with Crippen molar-refractivity contribution in [2.45, 2.75) is 0 Å². The number of rotatable bonds is 4. The minimum Gasteiger partial charge on any atom is -0.321 e. The third kappa shape index (κ3) is 3.86. The fraction of sp³-hybridized carbons (Fsp3) is 0. The van der Waals surface area contributed by atoms with Crippen LogP contribution in [-0.4, -0.2) is 15.8 Å². The van der Waals surface area contributed by atoms with E-state index in [-0.39, 0.29) is 5.56 Å². The van der Waals surface area contributed by atoms with Gasteiger partial charge in [-0.25, -0.2) is 4.39 Å². The number of nitrogens with one attached hydrogen (secondary N) is 1. The van der Waals surface area contributed by atoms with Gasteiger partial charge in [-0.1, -0.05) is 41.9 Å². The van der Waals surface area contributed by atoms with Crippen molar-refractivity contribution >= 4 is 34.4 Å². The summed E-state index contributed by atoms with van der Waals surface area (Å²) in [6.45, 7) is 0. The largest absolute Gasteiger partial charge is 0.321 e. The van der Waals surface area contributed by atoms with Crippen LogP contribution in [-0.2, 0) is 0 Å². The quantitative estimate of drug-likeness (QED) is 0.372. The van der Waals surface area contributed by atoms with Crippen LogP contribution in [0.15, 0.2) is 77.9 Å². The van der Waals surface area contributed by atoms with E-state index >= 15 is 0 Å². The van der Waals surface area contributed by atoms with E-state index in [0.29, 0.717) is 27.1 Å². The lowest BCUT2D eigenvalue weighted by atomic mass is 9.94. The topological polar surface area (TPSA) is 62.8 Å². The van der Waals surface area contributed by atoms with Gasteiger partial charge in [-0.3, -0.25) is 14.6 Å². The number of hydrogen-bond acceptors (Lipinski definition) is 3. The summed E-state index contributed by atoms with van der Waals surface area (Å²) >= 11 is 6.17. The standard InChI is InChI=1S/C23H14ClFN2O2/c24-16-7-8-19-18(11-16)21(15-4-2-1-3-5-15)22(23(29)27-19)20(28)9-6-14-10-17(25)13-26-12-14/h1-13H,(H,27,29). The van der Waals surface area contributed by atoms with E-state index in [1.165, 1.54) is 24.4 Å². The first-order valence-corrected chi connectivity index (χ1v) is 9.14. The average molecular weight is 405 g/mol. The second-order valence-electron chi connectivity index (χ2n) is 6.39. The van der Waals surface area contributed by atoms with Crippen LogP contribution in [0.2, 0.25) is 5.02 Å². The number of halogens is 2. The zero-order chi connectivity index (χ0) is 20.4. The van der Waals surface area contributed by atoms with Crippen molar-refractivity contribution in [3.8, 4) is 11.1 Å². The summed E-state index contributed by atoms with van der Waals surface area (Å²) in [5.41, 5.74) is 1.69. The number of aromatic amines is 1. The molecule has 0 radical (unpaired) electrons. The molecular weight excluding hydrogens is 391 g/mol. The first kappa shape index (κ1) is 18.8. The predicted molar refractivity (Wildman–Crippen MR) is 113 cm³/mol. The summed E-state index contributed by atoms with van der Waals surface area (Å²) in [6, 6.07) is 15.5. The maximum absolute atomic E-state index is 13.3. The lowest BCUT2D eigenvalue weighted by Gasteiger charge is -2.11. The molecule has 2 aromatic carbocycles. The molecule has 6 heteroatoms. The second kappa shape index (κ2) is 7.81. The SMILES string of the molecule is O=C(C=Cc1cncc(F)c1)c1c(-c2ccccc2)c2cc(Cl)ccc2[nH]c1=O. The van der Waals surface area contributed by atoms with E-state index in [1.54, 1.807) is 18.2 Å². The van der Waals surface area contributed by atoms with Gasteiger partial charge >= 0.3 is 0 Å². The van der Waals surface area contributed by atoms with E-state index < -0.39 is 17.2 Å². The summed E-state index contributed by atoms with van der Waals surface area (Å²) in [5.74, 6) is -1.01. The molecule has 4 rings (SSSR count). The summed E-state index contributed by atoms with van der Waals surface area (Å²) in [4.78, 5) is 32.3. The number of H-pyrrole nitrogens is 1. The molecule has 0 atom stereocenters. The highest BCUT2D eigenvalue weighted by Gasteiger charge is 2.19. The molecule has 1 N–H and O–H groups in total. The predicted octanol–water partition coefficient (Wildman–Crippen LogP) is 5.28. The molecule has 0 amide bonds. The third-order valence-corrected chi connectivity index (χ3v) is 4.67. The van der Waals surface area contributed by atoms with Gasteiger partial charge in [0.25, 0.3) is 5.56 Å². The van der Waals surface area contributed by atoms with Gasteiger partial charge in [0, 0.05) is 27.7 Å². The van der Waals surface area contributed by atoms with Crippen molar-refractivity contribution < 1.29 is 9.18 Å². The monoisotopic (exact) mass is 404 g/mol. The molecule has 0 unspecified atom stereocenters. The highest BCUT2D eigenvalue weighted by atomic mass is 35.5. The van der Waals surface area contributed by atoms with Gasteiger partial charge in [-0.05, 0) is 47.5 Å². The fourth-order valence-corrected chi connectivity index (χ4v) is 3.35. The Kier molecular flexibility index (Phi) is 5.06. The van der Waals surface area contributed by atoms with Gasteiger partial charge in [-0.15, -0.1) is 0 Å². The van der Waals surface area contributed by atoms with Gasteiger partial charge in [-0.2, -0.15) is 0 Å². The Morgan fingerprint density at radius 2 is 1.86 bits per heavy atom. The number of carbonyl (C=O) groups excluding carboxylic acids is 1. The minimum absolute atomic E-state index is 0.00780. The number of ketones is 1. The molecule has 0 saturated carbocycles. The zero-order valence-electron chi connectivity index (χ0n) is 15.0. The van der Waals surface area contributed by atoms with Gasteiger partial charge in [0.1, 0.15) is 5.82 Å². The molecule has 0 aliphatic heterocycles. The Balaban J connectivity index is 1.92. The van der Waals surface area contributed by atoms with Crippen molar-refractivity contribution in [1.82, 2.24) is 9.97 Å². The van der Waals surface area contributed by atoms with E-state index in [1.807, 2.05) is 30.3 Å². The molecule has 4 nitrogen and oxygen atoms in total. The lowest BCUT2D eigenvalue weighted by molar-refractivity contribution is 0.104. The van der Waals surface area contributed by atoms with Crippen LogP contribution in [0.5, 0.6) is 0 Å². The first-order chi connectivity index (χ1) is 14.0. The van der Waals surface area contributed by atoms with Crippen LogP contribution in [0.4, 0.5) is 4.39 Å². The number of carbonyl (C=O) groups is 1. The van der Waals surface area contributed by atoms with Crippen LogP contribution in [0.3, 0.4) is 0 Å². The number of nitrogens with zero attached hydrogens (tertiary/aromatic N) is 1. The first-order valence-electron chi connectivity index (χ1n) is 8.77. The third-order valence-electron chi connectivity index (χ3n) is 4.44. The average Bonchev–Trinajstić information content (AvgIpc) is 2.72. The molecule has 2 aromatic heterocycles. The van der Waals surface area contributed by atoms with Gasteiger partial charge in [0.2, 0.25) is 0 Å². The second-order valence-corrected chi connectivity index (χ2v) is 6.83. The van der Waals surface area contributed by atoms with Gasteiger partial charge < -0.3 is 4.98 Å². The Labute approximate surface area is 170 Å². The Bertz CT molecular complexity index is 1310. The fourth-order valence-electron chi connectivity index (χ4n) is 3.18. The van der Waals surface area contributed by atoms with E-state index in [2.05, 4.69) is 9.97 Å². The Hall–Kier alpha value is -3.57. The summed E-state index contributed by atoms with van der Waals surface area (Å²) in [7, 11) is 0. The molecular formula is C23H14ClFN2O2. The zero-order valence-corrected chi connectivity index (χ0v) is 15.8. The number of hydrogen-bond donors (Lipinski definition) is 1. The van der Waals surface area contributed by atoms with E-state index in [9.17, 15) is 14.0 Å². The summed E-state index contributed by atoms with van der Waals surface area (Å²) in [6.07, 6.45) is 5.17. The number of fused-ring (bicyclic) bond motifs is 1. The van der Waals surface area contributed by atoms with Crippen LogP contribution in [0.1, 0.15) is 15.9 Å². The minimum atomic E-state index is -0.511. The maximum atomic E-state index is 13.3. The van der Waals surface area contributed by atoms with Crippen molar-refractivity contribution in [3.63, 3.8) is 0 Å².